The summed E-state index contributed by atoms with van der Waals surface area (Å²) in [6.07, 6.45) is 1.32. The predicted molar refractivity (Wildman–Crippen MR) is 133 cm³/mol. The van der Waals surface area contributed by atoms with Crippen molar-refractivity contribution in [3.8, 4) is 0 Å². The molecule has 6 rings (SSSR count). The first-order chi connectivity index (χ1) is 17.4. The van der Waals surface area contributed by atoms with Crippen molar-refractivity contribution in [1.29, 1.82) is 0 Å². The number of imide groups is 2. The van der Waals surface area contributed by atoms with Crippen molar-refractivity contribution >= 4 is 40.6 Å². The maximum atomic E-state index is 14.4. The van der Waals surface area contributed by atoms with Crippen LogP contribution in [0.15, 0.2) is 78.9 Å². The van der Waals surface area contributed by atoms with E-state index in [1.807, 2.05) is 4.90 Å². The van der Waals surface area contributed by atoms with Crippen LogP contribution in [0.4, 0.5) is 27.5 Å². The van der Waals surface area contributed by atoms with Gasteiger partial charge < -0.3 is 4.90 Å². The lowest BCUT2D eigenvalue weighted by Crippen LogP contribution is -2.72. The van der Waals surface area contributed by atoms with Crippen molar-refractivity contribution in [2.45, 2.75) is 25.3 Å². The molecule has 180 valence electrons. The van der Waals surface area contributed by atoms with E-state index < -0.39 is 34.2 Å². The molecule has 2 saturated heterocycles. The fourth-order valence-corrected chi connectivity index (χ4v) is 5.90. The van der Waals surface area contributed by atoms with E-state index in [0.717, 1.165) is 21.9 Å². The standard InChI is InChI=1S/C27H22N4O5/c32-24-27(17-18-16-21(31(35)36)13-14-22(18)28-15-7-12-23(27)28)25(33)30(20-10-5-2-6-11-20)26(34)29(24)19-8-3-1-4-9-19/h1-6,8-11,13-14,16,23H,7,12,15,17H2. The molecule has 9 heteroatoms. The van der Waals surface area contributed by atoms with Crippen LogP contribution in [0.25, 0.3) is 0 Å². The van der Waals surface area contributed by atoms with Crippen molar-refractivity contribution in [2.24, 2.45) is 5.41 Å². The fourth-order valence-electron chi connectivity index (χ4n) is 5.90. The summed E-state index contributed by atoms with van der Waals surface area (Å²) in [5.41, 5.74) is 0.374. The predicted octanol–water partition coefficient (Wildman–Crippen LogP) is 4.31. The first-order valence-electron chi connectivity index (χ1n) is 11.8. The number of anilines is 3. The molecule has 0 aliphatic carbocycles. The van der Waals surface area contributed by atoms with E-state index in [-0.39, 0.29) is 12.1 Å². The van der Waals surface area contributed by atoms with E-state index in [0.29, 0.717) is 29.9 Å². The molecule has 0 bridgehead atoms. The maximum Gasteiger partial charge on any atom is 0.342 e. The number of nitro benzene ring substituents is 1. The molecule has 3 aromatic rings. The van der Waals surface area contributed by atoms with Gasteiger partial charge in [-0.3, -0.25) is 19.7 Å². The van der Waals surface area contributed by atoms with Gasteiger partial charge in [-0.1, -0.05) is 36.4 Å². The average molecular weight is 482 g/mol. The summed E-state index contributed by atoms with van der Waals surface area (Å²) in [5.74, 6) is -1.19. The second kappa shape index (κ2) is 8.01. The third-order valence-electron chi connectivity index (χ3n) is 7.46. The van der Waals surface area contributed by atoms with Crippen molar-refractivity contribution < 1.29 is 19.3 Å². The number of benzene rings is 3. The summed E-state index contributed by atoms with van der Waals surface area (Å²) >= 11 is 0. The number of para-hydroxylation sites is 2. The number of urea groups is 1. The summed E-state index contributed by atoms with van der Waals surface area (Å²) in [7, 11) is 0. The molecule has 0 N–H and O–H groups in total. The molecule has 9 nitrogen and oxygen atoms in total. The molecule has 4 amide bonds. The number of barbiturate groups is 1. The Labute approximate surface area is 206 Å². The van der Waals surface area contributed by atoms with E-state index in [2.05, 4.69) is 0 Å². The number of hydrogen-bond acceptors (Lipinski definition) is 6. The lowest BCUT2D eigenvalue weighted by molar-refractivity contribution is -0.384. The molecule has 0 saturated carbocycles. The Morgan fingerprint density at radius 1 is 0.833 bits per heavy atom. The highest BCUT2D eigenvalue weighted by Gasteiger charge is 2.65. The van der Waals surface area contributed by atoms with Crippen LogP contribution in [0, 0.1) is 15.5 Å². The minimum atomic E-state index is -1.61. The lowest BCUT2D eigenvalue weighted by Gasteiger charge is -2.51. The molecule has 36 heavy (non-hydrogen) atoms. The number of hydrogen-bond donors (Lipinski definition) is 0. The second-order valence-electron chi connectivity index (χ2n) is 9.30. The second-order valence-corrected chi connectivity index (χ2v) is 9.30. The van der Waals surface area contributed by atoms with Gasteiger partial charge in [0.25, 0.3) is 17.5 Å². The highest BCUT2D eigenvalue weighted by atomic mass is 16.6. The van der Waals surface area contributed by atoms with Gasteiger partial charge in [0, 0.05) is 30.8 Å². The minimum absolute atomic E-state index is 0.0250. The molecule has 2 fully saturated rings. The zero-order valence-corrected chi connectivity index (χ0v) is 19.2. The number of carbonyl (C=O) groups is 3. The van der Waals surface area contributed by atoms with Crippen LogP contribution in [0.1, 0.15) is 18.4 Å². The van der Waals surface area contributed by atoms with Crippen LogP contribution < -0.4 is 14.7 Å². The van der Waals surface area contributed by atoms with Crippen molar-refractivity contribution in [3.05, 3.63) is 94.5 Å². The van der Waals surface area contributed by atoms with E-state index in [1.165, 1.54) is 12.1 Å². The quantitative estimate of drug-likeness (QED) is 0.313. The SMILES string of the molecule is O=C1N(c2ccccc2)C(=O)C2(Cc3cc([N+](=O)[O-])ccc3N3CCCC32)C(=O)N1c1ccccc1. The first-order valence-corrected chi connectivity index (χ1v) is 11.8. The van der Waals surface area contributed by atoms with Gasteiger partial charge in [0.15, 0.2) is 5.41 Å². The number of carbonyl (C=O) groups excluding carboxylic acids is 3. The molecule has 3 aliphatic rings. The number of rotatable bonds is 3. The van der Waals surface area contributed by atoms with E-state index in [9.17, 15) is 24.5 Å². The molecule has 0 radical (unpaired) electrons. The molecule has 1 spiro atoms. The van der Waals surface area contributed by atoms with Gasteiger partial charge in [0.05, 0.1) is 22.3 Å². The topological polar surface area (TPSA) is 104 Å². The maximum absolute atomic E-state index is 14.4. The highest BCUT2D eigenvalue weighted by molar-refractivity contribution is 6.39. The number of fused-ring (bicyclic) bond motifs is 4. The van der Waals surface area contributed by atoms with Crippen LogP contribution in [0.3, 0.4) is 0 Å². The molecule has 0 aromatic heterocycles. The fraction of sp³-hybridized carbons (Fsp3) is 0.222. The summed E-state index contributed by atoms with van der Waals surface area (Å²) in [4.78, 5) is 57.7. The third kappa shape index (κ3) is 2.98. The Hall–Kier alpha value is -4.53. The van der Waals surface area contributed by atoms with Crippen molar-refractivity contribution in [2.75, 3.05) is 21.2 Å². The van der Waals surface area contributed by atoms with Crippen LogP contribution in [-0.2, 0) is 16.0 Å². The van der Waals surface area contributed by atoms with Crippen molar-refractivity contribution in [3.63, 3.8) is 0 Å². The van der Waals surface area contributed by atoms with Gasteiger partial charge in [0.1, 0.15) is 0 Å². The molecule has 1 unspecified atom stereocenters. The Morgan fingerprint density at radius 2 is 1.42 bits per heavy atom. The van der Waals surface area contributed by atoms with Crippen LogP contribution in [0.2, 0.25) is 0 Å². The van der Waals surface area contributed by atoms with E-state index in [1.54, 1.807) is 66.7 Å². The van der Waals surface area contributed by atoms with Gasteiger partial charge in [-0.15, -0.1) is 0 Å². The smallest absolute Gasteiger partial charge is 0.342 e. The zero-order valence-electron chi connectivity index (χ0n) is 19.2. The molecular formula is C27H22N4O5. The van der Waals surface area contributed by atoms with Crippen LogP contribution in [0.5, 0.6) is 0 Å². The van der Waals surface area contributed by atoms with E-state index >= 15 is 0 Å². The Balaban J connectivity index is 1.58. The average Bonchev–Trinajstić information content (AvgIpc) is 3.39. The summed E-state index contributed by atoms with van der Waals surface area (Å²) in [5, 5.41) is 11.5. The summed E-state index contributed by atoms with van der Waals surface area (Å²) in [6.45, 7) is 0.614. The Bertz CT molecular complexity index is 1350. The van der Waals surface area contributed by atoms with Gasteiger partial charge >= 0.3 is 6.03 Å². The number of nitrogens with zero attached hydrogens (tertiary/aromatic N) is 4. The first kappa shape index (κ1) is 22.0. The van der Waals surface area contributed by atoms with Gasteiger partial charge in [0.2, 0.25) is 0 Å². The number of non-ortho nitro benzene ring substituents is 1. The monoisotopic (exact) mass is 482 g/mol. The minimum Gasteiger partial charge on any atom is -0.367 e. The van der Waals surface area contributed by atoms with E-state index in [4.69, 9.17) is 0 Å². The Morgan fingerprint density at radius 3 is 1.97 bits per heavy atom. The number of amides is 4. The van der Waals surface area contributed by atoms with Gasteiger partial charge in [-0.2, -0.15) is 0 Å². The largest absolute Gasteiger partial charge is 0.367 e. The molecule has 3 aromatic carbocycles. The lowest BCUT2D eigenvalue weighted by atomic mass is 9.68. The van der Waals surface area contributed by atoms with Crippen molar-refractivity contribution in [1.82, 2.24) is 0 Å². The molecule has 3 aliphatic heterocycles. The molecule has 1 atom stereocenters. The number of nitro groups is 1. The Kier molecular flexibility index (Phi) is 4.89. The van der Waals surface area contributed by atoms with Crippen LogP contribution in [-0.4, -0.2) is 35.4 Å². The summed E-state index contributed by atoms with van der Waals surface area (Å²) < 4.78 is 0. The summed E-state index contributed by atoms with van der Waals surface area (Å²) in [6, 6.07) is 20.5. The molecule has 3 heterocycles. The van der Waals surface area contributed by atoms with Crippen LogP contribution >= 0.6 is 0 Å². The zero-order chi connectivity index (χ0) is 25.0. The van der Waals surface area contributed by atoms with Gasteiger partial charge in [-0.05, 0) is 48.7 Å². The molecular weight excluding hydrogens is 460 g/mol. The third-order valence-corrected chi connectivity index (χ3v) is 7.46. The van der Waals surface area contributed by atoms with Gasteiger partial charge in [-0.25, -0.2) is 14.6 Å². The normalized spacial score (nSPS) is 20.5. The highest BCUT2D eigenvalue weighted by Crippen LogP contribution is 2.51.